The van der Waals surface area contributed by atoms with Crippen molar-refractivity contribution in [2.45, 2.75) is 65.2 Å². The fourth-order valence-electron chi connectivity index (χ4n) is 7.25. The van der Waals surface area contributed by atoms with Crippen molar-refractivity contribution in [3.63, 3.8) is 0 Å². The van der Waals surface area contributed by atoms with Gasteiger partial charge in [0.15, 0.2) is 0 Å². The van der Waals surface area contributed by atoms with Crippen molar-refractivity contribution in [3.05, 3.63) is 127 Å². The molecule has 6 heteroatoms. The Balaban J connectivity index is 1.23. The molecule has 3 heterocycles. The van der Waals surface area contributed by atoms with Crippen LogP contribution in [0.2, 0.25) is 0 Å². The van der Waals surface area contributed by atoms with E-state index in [1.54, 1.807) is 13.3 Å². The van der Waals surface area contributed by atoms with E-state index in [1.165, 1.54) is 16.7 Å². The van der Waals surface area contributed by atoms with Crippen LogP contribution in [0, 0.1) is 0 Å². The van der Waals surface area contributed by atoms with Crippen LogP contribution in [0.1, 0.15) is 76.3 Å². The number of pyridine rings is 1. The molecule has 0 aliphatic rings. The van der Waals surface area contributed by atoms with Crippen LogP contribution < -0.4 is 9.47 Å². The molecule has 0 saturated heterocycles. The maximum Gasteiger partial charge on any atom is 0.141 e. The maximum absolute atomic E-state index is 6.53. The summed E-state index contributed by atoms with van der Waals surface area (Å²) < 4.78 is 16.2. The molecule has 2 unspecified atom stereocenters. The molecule has 0 bridgehead atoms. The van der Waals surface area contributed by atoms with Gasteiger partial charge in [-0.2, -0.15) is 5.10 Å². The fraction of sp³-hybridized carbons (Fsp3) is 0.256. The molecule has 4 aromatic carbocycles. The zero-order valence-electron chi connectivity index (χ0n) is 29.1. The minimum atomic E-state index is 0.476. The molecule has 7 rings (SSSR count). The first-order valence-corrected chi connectivity index (χ1v) is 17.5. The molecule has 0 saturated carbocycles. The predicted octanol–water partition coefficient (Wildman–Crippen LogP) is 11.6. The number of methoxy groups -OCH3 is 1. The Labute approximate surface area is 289 Å². The summed E-state index contributed by atoms with van der Waals surface area (Å²) in [6.07, 6.45) is 10.6. The van der Waals surface area contributed by atoms with Gasteiger partial charge in [-0.25, -0.2) is 9.67 Å². The van der Waals surface area contributed by atoms with E-state index < -0.39 is 0 Å². The monoisotopic (exact) mass is 648 g/mol. The largest absolute Gasteiger partial charge is 0.497 e. The van der Waals surface area contributed by atoms with Crippen molar-refractivity contribution in [1.29, 1.82) is 0 Å². The number of aromatic nitrogens is 4. The van der Waals surface area contributed by atoms with Crippen LogP contribution in [0.5, 0.6) is 17.2 Å². The molecular formula is C43H44N4O2. The van der Waals surface area contributed by atoms with E-state index in [0.29, 0.717) is 11.8 Å². The van der Waals surface area contributed by atoms with Gasteiger partial charge in [-0.3, -0.25) is 4.57 Å². The van der Waals surface area contributed by atoms with Crippen LogP contribution in [0.4, 0.5) is 0 Å². The summed E-state index contributed by atoms with van der Waals surface area (Å²) in [6.45, 7) is 9.24. The number of nitrogens with zero attached hydrogens (tertiary/aromatic N) is 4. The van der Waals surface area contributed by atoms with Gasteiger partial charge in [0.1, 0.15) is 23.1 Å². The lowest BCUT2D eigenvalue weighted by atomic mass is 9.82. The molecule has 0 aliphatic heterocycles. The van der Waals surface area contributed by atoms with Gasteiger partial charge in [-0.05, 0) is 77.8 Å². The lowest BCUT2D eigenvalue weighted by Crippen LogP contribution is -2.03. The Morgan fingerprint density at radius 3 is 2.16 bits per heavy atom. The summed E-state index contributed by atoms with van der Waals surface area (Å²) in [6, 6.07) is 33.4. The molecule has 49 heavy (non-hydrogen) atoms. The van der Waals surface area contributed by atoms with Crippen LogP contribution >= 0.6 is 0 Å². The molecule has 0 fully saturated rings. The van der Waals surface area contributed by atoms with Gasteiger partial charge in [0, 0.05) is 46.9 Å². The van der Waals surface area contributed by atoms with Gasteiger partial charge in [-0.15, -0.1) is 0 Å². The molecule has 0 amide bonds. The molecule has 2 atom stereocenters. The minimum Gasteiger partial charge on any atom is -0.497 e. The Morgan fingerprint density at radius 1 is 0.694 bits per heavy atom. The zero-order valence-corrected chi connectivity index (χ0v) is 29.1. The van der Waals surface area contributed by atoms with Crippen LogP contribution in [0.25, 0.3) is 44.4 Å². The highest BCUT2D eigenvalue weighted by molar-refractivity contribution is 6.09. The van der Waals surface area contributed by atoms with Crippen molar-refractivity contribution in [2.24, 2.45) is 0 Å². The standard InChI is InChI=1S/C43H44N4O2/c1-6-12-29(3)36-17-11-18-37(30(4)13-7-2)43(36)31-27-45-46(28-31)32-14-10-15-34(24-32)49-35-20-21-39-38-16-8-9-19-40(38)47(41(39)25-35)42-26-33(48-5)22-23-44-42/h8-11,14-30H,6-7,12-13H2,1-5H3. The summed E-state index contributed by atoms with van der Waals surface area (Å²) in [5.74, 6) is 3.98. The van der Waals surface area contributed by atoms with Crippen molar-refractivity contribution >= 4 is 21.8 Å². The lowest BCUT2D eigenvalue weighted by Gasteiger charge is -2.22. The third-order valence-electron chi connectivity index (χ3n) is 9.65. The van der Waals surface area contributed by atoms with Gasteiger partial charge < -0.3 is 9.47 Å². The van der Waals surface area contributed by atoms with Crippen LogP contribution in [0.3, 0.4) is 0 Å². The highest BCUT2D eigenvalue weighted by Gasteiger charge is 2.20. The summed E-state index contributed by atoms with van der Waals surface area (Å²) in [5.41, 5.74) is 8.36. The van der Waals surface area contributed by atoms with Gasteiger partial charge >= 0.3 is 0 Å². The summed E-state index contributed by atoms with van der Waals surface area (Å²) in [4.78, 5) is 4.69. The average Bonchev–Trinajstić information content (AvgIpc) is 3.75. The fourth-order valence-corrected chi connectivity index (χ4v) is 7.25. The Bertz CT molecular complexity index is 2200. The number of benzene rings is 4. The highest BCUT2D eigenvalue weighted by atomic mass is 16.5. The number of para-hydroxylation sites is 1. The molecule has 248 valence electrons. The highest BCUT2D eigenvalue weighted by Crippen LogP contribution is 2.40. The maximum atomic E-state index is 6.53. The van der Waals surface area contributed by atoms with Crippen LogP contribution in [-0.4, -0.2) is 26.4 Å². The van der Waals surface area contributed by atoms with Crippen molar-refractivity contribution in [1.82, 2.24) is 19.3 Å². The first kappa shape index (κ1) is 32.2. The lowest BCUT2D eigenvalue weighted by molar-refractivity contribution is 0.414. The number of rotatable bonds is 12. The molecule has 0 radical (unpaired) electrons. The first-order chi connectivity index (χ1) is 24.0. The third-order valence-corrected chi connectivity index (χ3v) is 9.65. The Hall–Kier alpha value is -5.36. The SMILES string of the molecule is CCCC(C)c1cccc(C(C)CCC)c1-c1cnn(-c2cccc(Oc3ccc4c5ccccc5n(-c5cc(OC)ccn5)c4c3)c2)c1. The quantitative estimate of drug-likeness (QED) is 0.132. The van der Waals surface area contributed by atoms with E-state index in [-0.39, 0.29) is 0 Å². The minimum absolute atomic E-state index is 0.476. The second-order valence-corrected chi connectivity index (χ2v) is 13.0. The molecular weight excluding hydrogens is 604 g/mol. The van der Waals surface area contributed by atoms with Gasteiger partial charge in [0.05, 0.1) is 30.0 Å². The van der Waals surface area contributed by atoms with E-state index in [1.807, 2.05) is 47.3 Å². The van der Waals surface area contributed by atoms with Gasteiger partial charge in [-0.1, -0.05) is 83.0 Å². The van der Waals surface area contributed by atoms with Gasteiger partial charge in [0.25, 0.3) is 0 Å². The second kappa shape index (κ2) is 14.0. The van der Waals surface area contributed by atoms with E-state index in [9.17, 15) is 0 Å². The summed E-state index contributed by atoms with van der Waals surface area (Å²) in [5, 5.41) is 7.16. The van der Waals surface area contributed by atoms with Crippen LogP contribution in [-0.2, 0) is 0 Å². The number of ether oxygens (including phenoxy) is 2. The number of hydrogen-bond donors (Lipinski definition) is 0. The number of hydrogen-bond acceptors (Lipinski definition) is 4. The van der Waals surface area contributed by atoms with E-state index in [0.717, 1.165) is 81.8 Å². The van der Waals surface area contributed by atoms with Crippen molar-refractivity contribution in [2.75, 3.05) is 7.11 Å². The zero-order chi connectivity index (χ0) is 33.9. The Morgan fingerprint density at radius 2 is 1.41 bits per heavy atom. The summed E-state index contributed by atoms with van der Waals surface area (Å²) >= 11 is 0. The second-order valence-electron chi connectivity index (χ2n) is 13.0. The van der Waals surface area contributed by atoms with E-state index >= 15 is 0 Å². The average molecular weight is 649 g/mol. The van der Waals surface area contributed by atoms with E-state index in [4.69, 9.17) is 19.6 Å². The topological polar surface area (TPSA) is 54.1 Å². The molecule has 0 spiro atoms. The number of fused-ring (bicyclic) bond motifs is 3. The Kier molecular flexibility index (Phi) is 9.21. The molecule has 0 aliphatic carbocycles. The van der Waals surface area contributed by atoms with Gasteiger partial charge in [0.2, 0.25) is 0 Å². The van der Waals surface area contributed by atoms with Crippen molar-refractivity contribution < 1.29 is 9.47 Å². The van der Waals surface area contributed by atoms with Crippen molar-refractivity contribution in [3.8, 4) is 39.9 Å². The predicted molar refractivity (Wildman–Crippen MR) is 201 cm³/mol. The van der Waals surface area contributed by atoms with E-state index in [2.05, 4.69) is 99.1 Å². The third kappa shape index (κ3) is 6.31. The normalized spacial score (nSPS) is 12.8. The molecule has 7 aromatic rings. The smallest absolute Gasteiger partial charge is 0.141 e. The molecule has 6 nitrogen and oxygen atoms in total. The molecule has 3 aromatic heterocycles. The van der Waals surface area contributed by atoms with Crippen LogP contribution in [0.15, 0.2) is 116 Å². The molecule has 0 N–H and O–H groups in total. The summed E-state index contributed by atoms with van der Waals surface area (Å²) in [7, 11) is 1.67. The first-order valence-electron chi connectivity index (χ1n) is 17.5.